The van der Waals surface area contributed by atoms with Crippen molar-refractivity contribution in [3.05, 3.63) is 29.0 Å². The summed E-state index contributed by atoms with van der Waals surface area (Å²) in [6.45, 7) is 2.76. The molecule has 0 radical (unpaired) electrons. The Labute approximate surface area is 117 Å². The van der Waals surface area contributed by atoms with Gasteiger partial charge in [0.1, 0.15) is 5.82 Å². The van der Waals surface area contributed by atoms with Gasteiger partial charge < -0.3 is 15.0 Å². The monoisotopic (exact) mass is 279 g/mol. The first-order valence-corrected chi connectivity index (χ1v) is 7.15. The van der Waals surface area contributed by atoms with Crippen LogP contribution in [0.4, 0.5) is 0 Å². The van der Waals surface area contributed by atoms with Gasteiger partial charge in [-0.2, -0.15) is 0 Å². The molecule has 4 nitrogen and oxygen atoms in total. The van der Waals surface area contributed by atoms with Crippen LogP contribution in [0, 0.1) is 0 Å². The second-order valence-corrected chi connectivity index (χ2v) is 5.37. The predicted molar refractivity (Wildman–Crippen MR) is 76.7 cm³/mol. The zero-order chi connectivity index (χ0) is 13.1. The molecule has 3 rings (SSSR count). The zero-order valence-electron chi connectivity index (χ0n) is 10.8. The highest BCUT2D eigenvalue weighted by molar-refractivity contribution is 6.31. The molecule has 2 heterocycles. The number of fused-ring (bicyclic) bond motifs is 1. The van der Waals surface area contributed by atoms with Crippen molar-refractivity contribution >= 4 is 22.6 Å². The number of benzene rings is 1. The maximum absolute atomic E-state index is 5.95. The van der Waals surface area contributed by atoms with Crippen LogP contribution in [0.5, 0.6) is 0 Å². The molecule has 1 unspecified atom stereocenters. The molecule has 2 aromatic rings. The third-order valence-corrected chi connectivity index (χ3v) is 3.66. The van der Waals surface area contributed by atoms with Crippen LogP contribution in [-0.2, 0) is 11.2 Å². The number of aromatic amines is 1. The van der Waals surface area contributed by atoms with Gasteiger partial charge in [-0.05, 0) is 31.0 Å². The second-order valence-electron chi connectivity index (χ2n) is 4.93. The number of nitrogens with one attached hydrogen (secondary N) is 2. The molecule has 1 aromatic carbocycles. The molecule has 102 valence electrons. The summed E-state index contributed by atoms with van der Waals surface area (Å²) in [5, 5.41) is 4.16. The predicted octanol–water partition coefficient (Wildman–Crippen LogP) is 2.53. The molecule has 1 aliphatic heterocycles. The Morgan fingerprint density at radius 2 is 2.42 bits per heavy atom. The molecule has 0 amide bonds. The minimum Gasteiger partial charge on any atom is -0.377 e. The molecule has 0 aliphatic carbocycles. The highest BCUT2D eigenvalue weighted by atomic mass is 35.5. The summed E-state index contributed by atoms with van der Waals surface area (Å²) in [6.07, 6.45) is 3.65. The van der Waals surface area contributed by atoms with Crippen molar-refractivity contribution in [1.82, 2.24) is 15.3 Å². The summed E-state index contributed by atoms with van der Waals surface area (Å²) in [4.78, 5) is 7.84. The van der Waals surface area contributed by atoms with Gasteiger partial charge in [-0.3, -0.25) is 0 Å². The van der Waals surface area contributed by atoms with E-state index >= 15 is 0 Å². The third kappa shape index (κ3) is 3.26. The molecule has 1 atom stereocenters. The standard InChI is InChI=1S/C14H18ClN3O/c15-10-3-4-12-13(8-10)18-14(17-12)5-6-16-9-11-2-1-7-19-11/h3-4,8,11,16H,1-2,5-7,9H2,(H,17,18). The lowest BCUT2D eigenvalue weighted by atomic mass is 10.2. The number of halogens is 1. The fourth-order valence-corrected chi connectivity index (χ4v) is 2.60. The van der Waals surface area contributed by atoms with Crippen LogP contribution in [0.2, 0.25) is 5.02 Å². The summed E-state index contributed by atoms with van der Waals surface area (Å²) >= 11 is 5.95. The molecule has 1 fully saturated rings. The number of rotatable bonds is 5. The summed E-state index contributed by atoms with van der Waals surface area (Å²) in [6, 6.07) is 5.72. The van der Waals surface area contributed by atoms with E-state index in [-0.39, 0.29) is 0 Å². The van der Waals surface area contributed by atoms with Gasteiger partial charge in [-0.25, -0.2) is 4.98 Å². The van der Waals surface area contributed by atoms with E-state index in [4.69, 9.17) is 16.3 Å². The second kappa shape index (κ2) is 5.90. The lowest BCUT2D eigenvalue weighted by Crippen LogP contribution is -2.28. The molecular formula is C14H18ClN3O. The molecule has 0 bridgehead atoms. The van der Waals surface area contributed by atoms with E-state index in [1.807, 2.05) is 18.2 Å². The molecule has 19 heavy (non-hydrogen) atoms. The number of nitrogens with zero attached hydrogens (tertiary/aromatic N) is 1. The normalized spacial score (nSPS) is 19.3. The largest absolute Gasteiger partial charge is 0.377 e. The molecular weight excluding hydrogens is 262 g/mol. The van der Waals surface area contributed by atoms with E-state index in [0.717, 1.165) is 48.0 Å². The number of hydrogen-bond donors (Lipinski definition) is 2. The van der Waals surface area contributed by atoms with Gasteiger partial charge >= 0.3 is 0 Å². The first-order chi connectivity index (χ1) is 9.31. The van der Waals surface area contributed by atoms with Crippen molar-refractivity contribution in [3.63, 3.8) is 0 Å². The number of H-pyrrole nitrogens is 1. The Morgan fingerprint density at radius 1 is 1.47 bits per heavy atom. The van der Waals surface area contributed by atoms with Crippen molar-refractivity contribution in [3.8, 4) is 0 Å². The van der Waals surface area contributed by atoms with Crippen LogP contribution < -0.4 is 5.32 Å². The van der Waals surface area contributed by atoms with Crippen molar-refractivity contribution in [2.24, 2.45) is 0 Å². The van der Waals surface area contributed by atoms with Gasteiger partial charge in [0, 0.05) is 31.1 Å². The van der Waals surface area contributed by atoms with Gasteiger partial charge in [-0.15, -0.1) is 0 Å². The van der Waals surface area contributed by atoms with E-state index in [1.54, 1.807) is 0 Å². The van der Waals surface area contributed by atoms with Crippen LogP contribution in [0.15, 0.2) is 18.2 Å². The Kier molecular flexibility index (Phi) is 4.01. The summed E-state index contributed by atoms with van der Waals surface area (Å²) < 4.78 is 5.57. The third-order valence-electron chi connectivity index (χ3n) is 3.43. The van der Waals surface area contributed by atoms with E-state index in [1.165, 1.54) is 12.8 Å². The summed E-state index contributed by atoms with van der Waals surface area (Å²) in [5.41, 5.74) is 1.97. The van der Waals surface area contributed by atoms with Crippen LogP contribution in [-0.4, -0.2) is 35.8 Å². The van der Waals surface area contributed by atoms with Crippen molar-refractivity contribution in [2.45, 2.75) is 25.4 Å². The summed E-state index contributed by atoms with van der Waals surface area (Å²) in [7, 11) is 0. The Balaban J connectivity index is 1.50. The maximum atomic E-state index is 5.95. The lowest BCUT2D eigenvalue weighted by molar-refractivity contribution is 0.110. The number of ether oxygens (including phenoxy) is 1. The quantitative estimate of drug-likeness (QED) is 0.827. The topological polar surface area (TPSA) is 49.9 Å². The van der Waals surface area contributed by atoms with Gasteiger partial charge in [0.05, 0.1) is 17.1 Å². The lowest BCUT2D eigenvalue weighted by Gasteiger charge is -2.09. The van der Waals surface area contributed by atoms with Crippen molar-refractivity contribution < 1.29 is 4.74 Å². The van der Waals surface area contributed by atoms with Crippen LogP contribution in [0.3, 0.4) is 0 Å². The minimum atomic E-state index is 0.398. The zero-order valence-corrected chi connectivity index (χ0v) is 11.5. The number of aromatic nitrogens is 2. The number of imidazole rings is 1. The Hall–Kier alpha value is -1.10. The molecule has 5 heteroatoms. The first kappa shape index (κ1) is 12.9. The van der Waals surface area contributed by atoms with Crippen molar-refractivity contribution in [2.75, 3.05) is 19.7 Å². The fourth-order valence-electron chi connectivity index (χ4n) is 2.43. The van der Waals surface area contributed by atoms with E-state index < -0.39 is 0 Å². The molecule has 0 spiro atoms. The minimum absolute atomic E-state index is 0.398. The SMILES string of the molecule is Clc1ccc2nc(CCNCC3CCCO3)[nH]c2c1. The molecule has 1 aromatic heterocycles. The van der Waals surface area contributed by atoms with Crippen LogP contribution >= 0.6 is 11.6 Å². The van der Waals surface area contributed by atoms with Crippen molar-refractivity contribution in [1.29, 1.82) is 0 Å². The molecule has 1 saturated heterocycles. The first-order valence-electron chi connectivity index (χ1n) is 6.78. The number of hydrogen-bond acceptors (Lipinski definition) is 3. The van der Waals surface area contributed by atoms with Crippen LogP contribution in [0.25, 0.3) is 11.0 Å². The van der Waals surface area contributed by atoms with Gasteiger partial charge in [-0.1, -0.05) is 11.6 Å². The van der Waals surface area contributed by atoms with E-state index in [9.17, 15) is 0 Å². The van der Waals surface area contributed by atoms with E-state index in [0.29, 0.717) is 6.10 Å². The molecule has 0 saturated carbocycles. The van der Waals surface area contributed by atoms with Gasteiger partial charge in [0.15, 0.2) is 0 Å². The van der Waals surface area contributed by atoms with Crippen LogP contribution in [0.1, 0.15) is 18.7 Å². The fraction of sp³-hybridized carbons (Fsp3) is 0.500. The highest BCUT2D eigenvalue weighted by Crippen LogP contribution is 2.17. The summed E-state index contributed by atoms with van der Waals surface area (Å²) in [5.74, 6) is 0.997. The van der Waals surface area contributed by atoms with E-state index in [2.05, 4.69) is 15.3 Å². The average Bonchev–Trinajstić information content (AvgIpc) is 3.02. The Bertz CT molecular complexity index is 549. The smallest absolute Gasteiger partial charge is 0.108 e. The maximum Gasteiger partial charge on any atom is 0.108 e. The highest BCUT2D eigenvalue weighted by Gasteiger charge is 2.14. The Morgan fingerprint density at radius 3 is 3.26 bits per heavy atom. The average molecular weight is 280 g/mol. The van der Waals surface area contributed by atoms with Gasteiger partial charge in [0.25, 0.3) is 0 Å². The van der Waals surface area contributed by atoms with Gasteiger partial charge in [0.2, 0.25) is 0 Å². The molecule has 2 N–H and O–H groups in total. The molecule has 1 aliphatic rings.